The van der Waals surface area contributed by atoms with E-state index < -0.39 is 0 Å². The molecule has 4 heteroatoms. The standard InChI is InChI=1S/C9H15N3O/c1-6-11-5-7(12-6)9(2,3)4-8(10)13/h5H,4H2,1-3H3,(H2,10,13)(H,11,12). The summed E-state index contributed by atoms with van der Waals surface area (Å²) < 4.78 is 0. The Labute approximate surface area is 77.6 Å². The van der Waals surface area contributed by atoms with Crippen molar-refractivity contribution in [2.45, 2.75) is 32.6 Å². The number of nitrogens with two attached hydrogens (primary N) is 1. The van der Waals surface area contributed by atoms with Gasteiger partial charge in [-0.2, -0.15) is 0 Å². The van der Waals surface area contributed by atoms with Crippen molar-refractivity contribution >= 4 is 5.91 Å². The Morgan fingerprint density at radius 2 is 2.31 bits per heavy atom. The molecule has 0 bridgehead atoms. The van der Waals surface area contributed by atoms with Gasteiger partial charge in [0.15, 0.2) is 0 Å². The zero-order valence-electron chi connectivity index (χ0n) is 8.22. The fourth-order valence-electron chi connectivity index (χ4n) is 1.30. The van der Waals surface area contributed by atoms with Crippen molar-refractivity contribution in [3.05, 3.63) is 17.7 Å². The van der Waals surface area contributed by atoms with E-state index in [4.69, 9.17) is 5.73 Å². The zero-order valence-corrected chi connectivity index (χ0v) is 8.22. The summed E-state index contributed by atoms with van der Waals surface area (Å²) in [6.07, 6.45) is 2.08. The zero-order chi connectivity index (χ0) is 10.1. The van der Waals surface area contributed by atoms with Gasteiger partial charge in [-0.1, -0.05) is 13.8 Å². The molecule has 0 aliphatic heterocycles. The van der Waals surface area contributed by atoms with Crippen molar-refractivity contribution < 1.29 is 4.79 Å². The minimum absolute atomic E-state index is 0.257. The lowest BCUT2D eigenvalue weighted by Gasteiger charge is -2.20. The predicted octanol–water partition coefficient (Wildman–Crippen LogP) is 0.871. The SMILES string of the molecule is Cc1ncc(C(C)(C)CC(N)=O)[nH]1. The number of aromatic nitrogens is 2. The van der Waals surface area contributed by atoms with Crippen LogP contribution in [0.2, 0.25) is 0 Å². The molecule has 0 radical (unpaired) electrons. The third-order valence-electron chi connectivity index (χ3n) is 2.05. The minimum Gasteiger partial charge on any atom is -0.370 e. The maximum Gasteiger partial charge on any atom is 0.218 e. The van der Waals surface area contributed by atoms with Crippen molar-refractivity contribution in [2.75, 3.05) is 0 Å². The van der Waals surface area contributed by atoms with Crippen LogP contribution >= 0.6 is 0 Å². The smallest absolute Gasteiger partial charge is 0.218 e. The van der Waals surface area contributed by atoms with E-state index >= 15 is 0 Å². The quantitative estimate of drug-likeness (QED) is 0.726. The van der Waals surface area contributed by atoms with Crippen molar-refractivity contribution in [1.82, 2.24) is 9.97 Å². The molecule has 0 aromatic carbocycles. The highest BCUT2D eigenvalue weighted by molar-refractivity contribution is 5.75. The molecule has 4 nitrogen and oxygen atoms in total. The van der Waals surface area contributed by atoms with Gasteiger partial charge < -0.3 is 10.7 Å². The summed E-state index contributed by atoms with van der Waals surface area (Å²) in [6, 6.07) is 0. The normalized spacial score (nSPS) is 11.6. The number of amides is 1. The summed E-state index contributed by atoms with van der Waals surface area (Å²) in [5, 5.41) is 0. The number of nitrogens with one attached hydrogen (secondary N) is 1. The van der Waals surface area contributed by atoms with Gasteiger partial charge in [-0.25, -0.2) is 4.98 Å². The van der Waals surface area contributed by atoms with Crippen LogP contribution < -0.4 is 5.73 Å². The first-order chi connectivity index (χ1) is 5.92. The lowest BCUT2D eigenvalue weighted by molar-refractivity contribution is -0.119. The summed E-state index contributed by atoms with van der Waals surface area (Å²) >= 11 is 0. The molecular formula is C9H15N3O. The third kappa shape index (κ3) is 2.31. The Morgan fingerprint density at radius 1 is 1.69 bits per heavy atom. The van der Waals surface area contributed by atoms with Crippen molar-refractivity contribution in [3.8, 4) is 0 Å². The number of carbonyl (C=O) groups is 1. The Balaban J connectivity index is 2.86. The van der Waals surface area contributed by atoms with E-state index in [0.29, 0.717) is 6.42 Å². The Hall–Kier alpha value is -1.32. The highest BCUT2D eigenvalue weighted by atomic mass is 16.1. The van der Waals surface area contributed by atoms with Gasteiger partial charge in [0.25, 0.3) is 0 Å². The van der Waals surface area contributed by atoms with Crippen LogP contribution in [0.25, 0.3) is 0 Å². The van der Waals surface area contributed by atoms with E-state index in [2.05, 4.69) is 9.97 Å². The average molecular weight is 181 g/mol. The largest absolute Gasteiger partial charge is 0.370 e. The van der Waals surface area contributed by atoms with Crippen LogP contribution in [0.1, 0.15) is 31.8 Å². The summed E-state index contributed by atoms with van der Waals surface area (Å²) in [5.41, 5.74) is 5.84. The first-order valence-corrected chi connectivity index (χ1v) is 4.22. The minimum atomic E-state index is -0.294. The molecule has 0 fully saturated rings. The van der Waals surface area contributed by atoms with Gasteiger partial charge in [-0.15, -0.1) is 0 Å². The van der Waals surface area contributed by atoms with E-state index in [9.17, 15) is 4.79 Å². The number of carbonyl (C=O) groups excluding carboxylic acids is 1. The number of aryl methyl sites for hydroxylation is 1. The van der Waals surface area contributed by atoms with Gasteiger partial charge >= 0.3 is 0 Å². The van der Waals surface area contributed by atoms with E-state index in [-0.39, 0.29) is 11.3 Å². The van der Waals surface area contributed by atoms with Gasteiger partial charge in [-0.3, -0.25) is 4.79 Å². The summed E-state index contributed by atoms with van der Waals surface area (Å²) in [7, 11) is 0. The summed E-state index contributed by atoms with van der Waals surface area (Å²) in [5.74, 6) is 0.560. The lowest BCUT2D eigenvalue weighted by atomic mass is 9.86. The van der Waals surface area contributed by atoms with Crippen molar-refractivity contribution in [3.63, 3.8) is 0 Å². The van der Waals surface area contributed by atoms with E-state index in [1.807, 2.05) is 20.8 Å². The molecule has 0 saturated carbocycles. The Kier molecular flexibility index (Phi) is 2.40. The molecule has 1 rings (SSSR count). The van der Waals surface area contributed by atoms with Gasteiger partial charge in [0.2, 0.25) is 5.91 Å². The molecule has 0 atom stereocenters. The molecule has 72 valence electrons. The lowest BCUT2D eigenvalue weighted by Crippen LogP contribution is -2.26. The molecule has 1 amide bonds. The van der Waals surface area contributed by atoms with Crippen LogP contribution in [0.4, 0.5) is 0 Å². The molecule has 1 heterocycles. The number of hydrogen-bond acceptors (Lipinski definition) is 2. The first kappa shape index (κ1) is 9.77. The maximum atomic E-state index is 10.8. The van der Waals surface area contributed by atoms with Crippen LogP contribution in [0.3, 0.4) is 0 Å². The fourth-order valence-corrected chi connectivity index (χ4v) is 1.30. The van der Waals surface area contributed by atoms with Crippen LogP contribution in [-0.2, 0) is 10.2 Å². The summed E-state index contributed by atoms with van der Waals surface area (Å²) in [6.45, 7) is 5.80. The number of primary amides is 1. The molecule has 0 saturated heterocycles. The van der Waals surface area contributed by atoms with E-state index in [0.717, 1.165) is 11.5 Å². The molecular weight excluding hydrogens is 166 g/mol. The monoisotopic (exact) mass is 181 g/mol. The topological polar surface area (TPSA) is 71.8 Å². The van der Waals surface area contributed by atoms with Gasteiger partial charge in [0, 0.05) is 23.7 Å². The number of imidazole rings is 1. The molecule has 0 spiro atoms. The second-order valence-corrected chi connectivity index (χ2v) is 3.91. The molecule has 1 aromatic heterocycles. The van der Waals surface area contributed by atoms with Gasteiger partial charge in [0.1, 0.15) is 5.82 Å². The second-order valence-electron chi connectivity index (χ2n) is 3.91. The number of aromatic amines is 1. The number of nitrogens with zero attached hydrogens (tertiary/aromatic N) is 1. The fraction of sp³-hybridized carbons (Fsp3) is 0.556. The van der Waals surface area contributed by atoms with E-state index in [1.165, 1.54) is 0 Å². The average Bonchev–Trinajstić information content (AvgIpc) is 2.32. The number of H-pyrrole nitrogens is 1. The molecule has 0 aliphatic rings. The second kappa shape index (κ2) is 3.20. The summed E-state index contributed by atoms with van der Waals surface area (Å²) in [4.78, 5) is 18.0. The molecule has 0 aliphatic carbocycles. The molecule has 0 unspecified atom stereocenters. The Bertz CT molecular complexity index is 314. The van der Waals surface area contributed by atoms with Crippen molar-refractivity contribution in [1.29, 1.82) is 0 Å². The van der Waals surface area contributed by atoms with Crippen LogP contribution in [0, 0.1) is 6.92 Å². The van der Waals surface area contributed by atoms with E-state index in [1.54, 1.807) is 6.20 Å². The predicted molar refractivity (Wildman–Crippen MR) is 50.2 cm³/mol. The highest BCUT2D eigenvalue weighted by Gasteiger charge is 2.24. The molecule has 3 N–H and O–H groups in total. The highest BCUT2D eigenvalue weighted by Crippen LogP contribution is 2.24. The van der Waals surface area contributed by atoms with Gasteiger partial charge in [0.05, 0.1) is 0 Å². The molecule has 13 heavy (non-hydrogen) atoms. The Morgan fingerprint density at radius 3 is 2.69 bits per heavy atom. The first-order valence-electron chi connectivity index (χ1n) is 4.22. The maximum absolute atomic E-state index is 10.8. The van der Waals surface area contributed by atoms with Crippen LogP contribution in [0.5, 0.6) is 0 Å². The number of hydrogen-bond donors (Lipinski definition) is 2. The number of rotatable bonds is 3. The van der Waals surface area contributed by atoms with Crippen molar-refractivity contribution in [2.24, 2.45) is 5.73 Å². The van der Waals surface area contributed by atoms with Gasteiger partial charge in [-0.05, 0) is 6.92 Å². The van der Waals surface area contributed by atoms with Crippen LogP contribution in [0.15, 0.2) is 6.20 Å². The third-order valence-corrected chi connectivity index (χ3v) is 2.05. The van der Waals surface area contributed by atoms with Crippen LogP contribution in [-0.4, -0.2) is 15.9 Å². The molecule has 1 aromatic rings.